The number of amides is 1. The van der Waals surface area contributed by atoms with Crippen LogP contribution in [0.15, 0.2) is 24.3 Å². The summed E-state index contributed by atoms with van der Waals surface area (Å²) >= 11 is 0. The van der Waals surface area contributed by atoms with Crippen LogP contribution in [0.3, 0.4) is 0 Å². The number of piperidine rings is 1. The van der Waals surface area contributed by atoms with Crippen LogP contribution >= 0.6 is 0 Å². The molecule has 1 aromatic carbocycles. The SMILES string of the molecule is CCOCc1ccc(C(=O)N2CCc3nnc(C4CCN(C)CC4)n3CC2)cc1. The molecule has 0 bridgehead atoms. The second-order valence-electron chi connectivity index (χ2n) is 8.08. The number of ether oxygens (including phenoxy) is 1. The Kier molecular flexibility index (Phi) is 6.25. The third-order valence-electron chi connectivity index (χ3n) is 6.10. The predicted octanol–water partition coefficient (Wildman–Crippen LogP) is 2.32. The number of rotatable bonds is 5. The minimum absolute atomic E-state index is 0.0903. The minimum Gasteiger partial charge on any atom is -0.377 e. The van der Waals surface area contributed by atoms with Crippen molar-refractivity contribution >= 4 is 5.91 Å². The van der Waals surface area contributed by atoms with Crippen LogP contribution < -0.4 is 0 Å². The van der Waals surface area contributed by atoms with E-state index in [0.29, 0.717) is 32.2 Å². The smallest absolute Gasteiger partial charge is 0.253 e. The average molecular weight is 398 g/mol. The maximum absolute atomic E-state index is 13.0. The zero-order valence-electron chi connectivity index (χ0n) is 17.5. The first-order chi connectivity index (χ1) is 14.2. The third-order valence-corrected chi connectivity index (χ3v) is 6.10. The number of hydrogen-bond donors (Lipinski definition) is 0. The molecule has 1 fully saturated rings. The Morgan fingerprint density at radius 1 is 1.07 bits per heavy atom. The van der Waals surface area contributed by atoms with E-state index < -0.39 is 0 Å². The molecule has 0 aliphatic carbocycles. The monoisotopic (exact) mass is 397 g/mol. The van der Waals surface area contributed by atoms with Gasteiger partial charge in [0.15, 0.2) is 0 Å². The van der Waals surface area contributed by atoms with Gasteiger partial charge in [-0.1, -0.05) is 12.1 Å². The zero-order chi connectivity index (χ0) is 20.2. The van der Waals surface area contributed by atoms with Crippen molar-refractivity contribution in [2.45, 2.75) is 45.3 Å². The molecule has 2 aliphatic rings. The quantitative estimate of drug-likeness (QED) is 0.775. The molecule has 0 unspecified atom stereocenters. The standard InChI is InChI=1S/C22H31N5O2/c1-3-29-16-17-4-6-19(7-5-17)22(28)26-13-10-20-23-24-21(27(20)15-14-26)18-8-11-25(2)12-9-18/h4-7,18H,3,8-16H2,1-2H3. The molecule has 2 aliphatic heterocycles. The fourth-order valence-electron chi connectivity index (χ4n) is 4.26. The predicted molar refractivity (Wildman–Crippen MR) is 111 cm³/mol. The summed E-state index contributed by atoms with van der Waals surface area (Å²) in [4.78, 5) is 17.3. The highest BCUT2D eigenvalue weighted by atomic mass is 16.5. The lowest BCUT2D eigenvalue weighted by atomic mass is 9.96. The van der Waals surface area contributed by atoms with Gasteiger partial charge in [0, 0.05) is 44.1 Å². The number of hydrogen-bond acceptors (Lipinski definition) is 5. The number of fused-ring (bicyclic) bond motifs is 1. The Labute approximate surface area is 172 Å². The highest BCUT2D eigenvalue weighted by molar-refractivity contribution is 5.94. The van der Waals surface area contributed by atoms with E-state index in [1.807, 2.05) is 36.1 Å². The molecule has 29 heavy (non-hydrogen) atoms. The van der Waals surface area contributed by atoms with Crippen molar-refractivity contribution in [2.75, 3.05) is 39.8 Å². The molecule has 1 saturated heterocycles. The van der Waals surface area contributed by atoms with E-state index in [4.69, 9.17) is 4.74 Å². The van der Waals surface area contributed by atoms with Crippen LogP contribution in [0.2, 0.25) is 0 Å². The number of nitrogens with zero attached hydrogens (tertiary/aromatic N) is 5. The first kappa shape index (κ1) is 20.0. The van der Waals surface area contributed by atoms with E-state index in [9.17, 15) is 4.79 Å². The van der Waals surface area contributed by atoms with E-state index >= 15 is 0 Å². The summed E-state index contributed by atoms with van der Waals surface area (Å²) in [5.41, 5.74) is 1.83. The van der Waals surface area contributed by atoms with Crippen molar-refractivity contribution in [1.82, 2.24) is 24.6 Å². The molecule has 156 valence electrons. The van der Waals surface area contributed by atoms with Gasteiger partial charge in [-0.25, -0.2) is 0 Å². The molecule has 2 aromatic rings. The molecule has 4 rings (SSSR count). The molecule has 0 radical (unpaired) electrons. The Hall–Kier alpha value is -2.25. The van der Waals surface area contributed by atoms with Crippen molar-refractivity contribution in [2.24, 2.45) is 0 Å². The number of benzene rings is 1. The second kappa shape index (κ2) is 9.05. The highest BCUT2D eigenvalue weighted by Crippen LogP contribution is 2.27. The highest BCUT2D eigenvalue weighted by Gasteiger charge is 2.27. The molecule has 0 N–H and O–H groups in total. The lowest BCUT2D eigenvalue weighted by Crippen LogP contribution is -2.34. The van der Waals surface area contributed by atoms with Crippen molar-refractivity contribution in [3.05, 3.63) is 47.0 Å². The van der Waals surface area contributed by atoms with Crippen LogP contribution in [-0.4, -0.2) is 70.3 Å². The summed E-state index contributed by atoms with van der Waals surface area (Å²) in [7, 11) is 2.17. The fraction of sp³-hybridized carbons (Fsp3) is 0.591. The molecule has 1 aromatic heterocycles. The molecule has 7 nitrogen and oxygen atoms in total. The van der Waals surface area contributed by atoms with Crippen LogP contribution in [0, 0.1) is 0 Å². The Balaban J connectivity index is 1.41. The van der Waals surface area contributed by atoms with Gasteiger partial charge in [-0.3, -0.25) is 4.79 Å². The van der Waals surface area contributed by atoms with Gasteiger partial charge in [0.05, 0.1) is 6.61 Å². The Bertz CT molecular complexity index is 824. The number of carbonyl (C=O) groups excluding carboxylic acids is 1. The van der Waals surface area contributed by atoms with Crippen molar-refractivity contribution in [3.63, 3.8) is 0 Å². The first-order valence-electron chi connectivity index (χ1n) is 10.7. The van der Waals surface area contributed by atoms with E-state index in [0.717, 1.165) is 61.7 Å². The molecule has 0 atom stereocenters. The van der Waals surface area contributed by atoms with Crippen LogP contribution in [0.5, 0.6) is 0 Å². The van der Waals surface area contributed by atoms with Gasteiger partial charge in [0.1, 0.15) is 11.6 Å². The molecular weight excluding hydrogens is 366 g/mol. The van der Waals surface area contributed by atoms with E-state index in [-0.39, 0.29) is 5.91 Å². The van der Waals surface area contributed by atoms with Crippen molar-refractivity contribution in [3.8, 4) is 0 Å². The largest absolute Gasteiger partial charge is 0.377 e. The molecule has 0 spiro atoms. The summed E-state index contributed by atoms with van der Waals surface area (Å²) in [6.45, 7) is 7.64. The van der Waals surface area contributed by atoms with Gasteiger partial charge in [-0.2, -0.15) is 0 Å². The molecule has 7 heteroatoms. The molecule has 3 heterocycles. The van der Waals surface area contributed by atoms with Crippen LogP contribution in [0.25, 0.3) is 0 Å². The Morgan fingerprint density at radius 3 is 2.55 bits per heavy atom. The number of aromatic nitrogens is 3. The maximum Gasteiger partial charge on any atom is 0.253 e. The second-order valence-corrected chi connectivity index (χ2v) is 8.08. The molecule has 1 amide bonds. The first-order valence-corrected chi connectivity index (χ1v) is 10.7. The summed E-state index contributed by atoms with van der Waals surface area (Å²) in [6.07, 6.45) is 3.02. The van der Waals surface area contributed by atoms with Gasteiger partial charge in [0.2, 0.25) is 0 Å². The number of likely N-dealkylation sites (tertiary alicyclic amines) is 1. The van der Waals surface area contributed by atoms with Crippen LogP contribution in [0.4, 0.5) is 0 Å². The topological polar surface area (TPSA) is 63.5 Å². The van der Waals surface area contributed by atoms with Gasteiger partial charge in [-0.15, -0.1) is 10.2 Å². The number of carbonyl (C=O) groups is 1. The zero-order valence-corrected chi connectivity index (χ0v) is 17.5. The van der Waals surface area contributed by atoms with Gasteiger partial charge >= 0.3 is 0 Å². The van der Waals surface area contributed by atoms with E-state index in [1.54, 1.807) is 0 Å². The van der Waals surface area contributed by atoms with Crippen molar-refractivity contribution < 1.29 is 9.53 Å². The van der Waals surface area contributed by atoms with Crippen molar-refractivity contribution in [1.29, 1.82) is 0 Å². The summed E-state index contributed by atoms with van der Waals surface area (Å²) in [5.74, 6) is 2.70. The lowest BCUT2D eigenvalue weighted by molar-refractivity contribution is 0.0758. The van der Waals surface area contributed by atoms with E-state index in [2.05, 4.69) is 26.7 Å². The summed E-state index contributed by atoms with van der Waals surface area (Å²) < 4.78 is 7.71. The summed E-state index contributed by atoms with van der Waals surface area (Å²) in [5, 5.41) is 8.99. The molecule has 0 saturated carbocycles. The normalized spacial score (nSPS) is 18.5. The maximum atomic E-state index is 13.0. The third kappa shape index (κ3) is 4.51. The molecular formula is C22H31N5O2. The average Bonchev–Trinajstić information content (AvgIpc) is 3.03. The Morgan fingerprint density at radius 2 is 1.83 bits per heavy atom. The van der Waals surface area contributed by atoms with E-state index in [1.165, 1.54) is 0 Å². The minimum atomic E-state index is 0.0903. The lowest BCUT2D eigenvalue weighted by Gasteiger charge is -2.28. The van der Waals surface area contributed by atoms with Crippen LogP contribution in [-0.2, 0) is 24.3 Å². The fourth-order valence-corrected chi connectivity index (χ4v) is 4.26. The van der Waals surface area contributed by atoms with Gasteiger partial charge in [-0.05, 0) is 57.6 Å². The summed E-state index contributed by atoms with van der Waals surface area (Å²) in [6, 6.07) is 7.78. The van der Waals surface area contributed by atoms with Gasteiger partial charge < -0.3 is 19.1 Å². The van der Waals surface area contributed by atoms with Crippen LogP contribution in [0.1, 0.15) is 53.3 Å². The van der Waals surface area contributed by atoms with Gasteiger partial charge in [0.25, 0.3) is 5.91 Å².